The van der Waals surface area contributed by atoms with E-state index >= 15 is 0 Å². The number of hydrogen-bond donors (Lipinski definition) is 0. The highest BCUT2D eigenvalue weighted by Gasteiger charge is 2.19. The first-order valence-electron chi connectivity index (χ1n) is 8.30. The number of hydrogen-bond acceptors (Lipinski definition) is 5. The van der Waals surface area contributed by atoms with Crippen molar-refractivity contribution in [3.63, 3.8) is 0 Å². The van der Waals surface area contributed by atoms with Crippen molar-refractivity contribution in [2.45, 2.75) is 38.0 Å². The fraction of sp³-hybridized carbons (Fsp3) is 0.389. The summed E-state index contributed by atoms with van der Waals surface area (Å²) in [7, 11) is 1.71. The summed E-state index contributed by atoms with van der Waals surface area (Å²) in [6.45, 7) is 0. The molecule has 1 aliphatic rings. The van der Waals surface area contributed by atoms with Crippen molar-refractivity contribution in [1.29, 1.82) is 0 Å². The van der Waals surface area contributed by atoms with Crippen LogP contribution in [-0.4, -0.2) is 14.8 Å². The zero-order chi connectivity index (χ0) is 16.5. The van der Waals surface area contributed by atoms with E-state index in [1.54, 1.807) is 30.6 Å². The second kappa shape index (κ2) is 6.36. The fourth-order valence-electron chi connectivity index (χ4n) is 3.24. The quantitative estimate of drug-likeness (QED) is 0.716. The van der Waals surface area contributed by atoms with Crippen molar-refractivity contribution in [3.8, 4) is 22.9 Å². The van der Waals surface area contributed by atoms with Crippen molar-refractivity contribution in [3.05, 3.63) is 45.0 Å². The van der Waals surface area contributed by atoms with E-state index in [2.05, 4.69) is 21.6 Å². The Morgan fingerprint density at radius 3 is 2.62 bits per heavy atom. The summed E-state index contributed by atoms with van der Waals surface area (Å²) in [5.74, 6) is 1.66. The highest BCUT2D eigenvalue weighted by Crippen LogP contribution is 2.38. The SMILES string of the molecule is Cn1cc(-c2nnc(-c3csc(C4CCCCC4)c3)o2)ccc1=O. The molecule has 0 bridgehead atoms. The molecule has 1 saturated carbocycles. The molecule has 124 valence electrons. The van der Waals surface area contributed by atoms with Gasteiger partial charge in [-0.15, -0.1) is 21.5 Å². The lowest BCUT2D eigenvalue weighted by Gasteiger charge is -2.19. The van der Waals surface area contributed by atoms with Crippen LogP contribution in [0.25, 0.3) is 22.9 Å². The summed E-state index contributed by atoms with van der Waals surface area (Å²) >= 11 is 1.79. The third-order valence-electron chi connectivity index (χ3n) is 4.63. The van der Waals surface area contributed by atoms with E-state index in [0.717, 1.165) is 11.1 Å². The largest absolute Gasteiger partial charge is 0.416 e. The number of rotatable bonds is 3. The molecule has 0 N–H and O–H groups in total. The smallest absolute Gasteiger partial charge is 0.250 e. The Labute approximate surface area is 144 Å². The monoisotopic (exact) mass is 341 g/mol. The maximum absolute atomic E-state index is 11.5. The molecule has 4 rings (SSSR count). The topological polar surface area (TPSA) is 60.9 Å². The van der Waals surface area contributed by atoms with Crippen molar-refractivity contribution in [1.82, 2.24) is 14.8 Å². The van der Waals surface area contributed by atoms with Gasteiger partial charge in [-0.2, -0.15) is 0 Å². The van der Waals surface area contributed by atoms with E-state index in [0.29, 0.717) is 17.7 Å². The molecule has 3 aromatic rings. The Morgan fingerprint density at radius 2 is 1.88 bits per heavy atom. The Balaban J connectivity index is 1.59. The molecule has 0 spiro atoms. The van der Waals surface area contributed by atoms with Crippen LogP contribution >= 0.6 is 11.3 Å². The Hall–Kier alpha value is -2.21. The molecule has 24 heavy (non-hydrogen) atoms. The molecular weight excluding hydrogens is 322 g/mol. The van der Waals surface area contributed by atoms with E-state index in [9.17, 15) is 4.79 Å². The zero-order valence-corrected chi connectivity index (χ0v) is 14.4. The van der Waals surface area contributed by atoms with Crippen LogP contribution in [0.2, 0.25) is 0 Å². The van der Waals surface area contributed by atoms with Crippen LogP contribution in [0, 0.1) is 0 Å². The van der Waals surface area contributed by atoms with Crippen molar-refractivity contribution in [2.75, 3.05) is 0 Å². The molecular formula is C18H19N3O2S. The van der Waals surface area contributed by atoms with Crippen LogP contribution in [0.3, 0.4) is 0 Å². The highest BCUT2D eigenvalue weighted by atomic mass is 32.1. The second-order valence-electron chi connectivity index (χ2n) is 6.35. The van der Waals surface area contributed by atoms with Gasteiger partial charge in [-0.25, -0.2) is 0 Å². The van der Waals surface area contributed by atoms with Gasteiger partial charge in [0.05, 0.1) is 5.56 Å². The van der Waals surface area contributed by atoms with E-state index in [4.69, 9.17) is 4.42 Å². The number of aryl methyl sites for hydroxylation is 1. The van der Waals surface area contributed by atoms with Crippen molar-refractivity contribution in [2.24, 2.45) is 7.05 Å². The van der Waals surface area contributed by atoms with Gasteiger partial charge in [-0.3, -0.25) is 4.79 Å². The van der Waals surface area contributed by atoms with Crippen LogP contribution in [0.1, 0.15) is 42.9 Å². The second-order valence-corrected chi connectivity index (χ2v) is 7.29. The minimum Gasteiger partial charge on any atom is -0.416 e. The fourth-order valence-corrected chi connectivity index (χ4v) is 4.30. The van der Waals surface area contributed by atoms with Gasteiger partial charge in [-0.05, 0) is 30.9 Å². The molecule has 0 aromatic carbocycles. The van der Waals surface area contributed by atoms with E-state index in [1.165, 1.54) is 47.6 Å². The normalized spacial score (nSPS) is 15.7. The average molecular weight is 341 g/mol. The molecule has 1 aliphatic carbocycles. The molecule has 5 nitrogen and oxygen atoms in total. The minimum absolute atomic E-state index is 0.0616. The van der Waals surface area contributed by atoms with Gasteiger partial charge >= 0.3 is 0 Å². The first-order chi connectivity index (χ1) is 11.7. The van der Waals surface area contributed by atoms with Crippen LogP contribution in [-0.2, 0) is 7.05 Å². The third kappa shape index (κ3) is 2.94. The van der Waals surface area contributed by atoms with Crippen molar-refractivity contribution >= 4 is 11.3 Å². The summed E-state index contributed by atoms with van der Waals surface area (Å²) in [5.41, 5.74) is 1.68. The summed E-state index contributed by atoms with van der Waals surface area (Å²) in [6.07, 6.45) is 8.30. The molecule has 3 heterocycles. The molecule has 6 heteroatoms. The predicted molar refractivity (Wildman–Crippen MR) is 94.1 cm³/mol. The van der Waals surface area contributed by atoms with E-state index in [-0.39, 0.29) is 5.56 Å². The van der Waals surface area contributed by atoms with Gasteiger partial charge < -0.3 is 8.98 Å². The lowest BCUT2D eigenvalue weighted by atomic mass is 9.88. The van der Waals surface area contributed by atoms with Crippen molar-refractivity contribution < 1.29 is 4.42 Å². The predicted octanol–water partition coefficient (Wildman–Crippen LogP) is 4.21. The minimum atomic E-state index is -0.0616. The maximum Gasteiger partial charge on any atom is 0.250 e. The Morgan fingerprint density at radius 1 is 1.12 bits per heavy atom. The van der Waals surface area contributed by atoms with E-state index < -0.39 is 0 Å². The summed E-state index contributed by atoms with van der Waals surface area (Å²) in [6, 6.07) is 5.41. The average Bonchev–Trinajstić information content (AvgIpc) is 3.27. The molecule has 0 atom stereocenters. The molecule has 0 radical (unpaired) electrons. The number of thiophene rings is 1. The summed E-state index contributed by atoms with van der Waals surface area (Å²) < 4.78 is 7.33. The van der Waals surface area contributed by atoms with Crippen LogP contribution in [0.15, 0.2) is 39.0 Å². The van der Waals surface area contributed by atoms with Gasteiger partial charge in [0, 0.05) is 35.1 Å². The first-order valence-corrected chi connectivity index (χ1v) is 9.18. The lowest BCUT2D eigenvalue weighted by molar-refractivity contribution is 0.448. The molecule has 3 aromatic heterocycles. The molecule has 0 amide bonds. The van der Waals surface area contributed by atoms with Gasteiger partial charge in [0.1, 0.15) is 0 Å². The summed E-state index contributed by atoms with van der Waals surface area (Å²) in [5, 5.41) is 10.4. The van der Waals surface area contributed by atoms with E-state index in [1.807, 2.05) is 0 Å². The third-order valence-corrected chi connectivity index (χ3v) is 5.73. The molecule has 1 fully saturated rings. The lowest BCUT2D eigenvalue weighted by Crippen LogP contribution is -2.13. The van der Waals surface area contributed by atoms with Gasteiger partial charge in [0.15, 0.2) is 0 Å². The van der Waals surface area contributed by atoms with Gasteiger partial charge in [0.25, 0.3) is 0 Å². The molecule has 0 saturated heterocycles. The number of pyridine rings is 1. The standard InChI is InChI=1S/C18H19N3O2S/c1-21-10-13(7-8-16(21)22)17-19-20-18(23-17)14-9-15(24-11-14)12-5-3-2-4-6-12/h7-12H,2-6H2,1H3. The number of aromatic nitrogens is 3. The van der Waals surface area contributed by atoms with Crippen LogP contribution in [0.5, 0.6) is 0 Å². The molecule has 0 unspecified atom stereocenters. The zero-order valence-electron chi connectivity index (χ0n) is 13.6. The Kier molecular flexibility index (Phi) is 4.06. The summed E-state index contributed by atoms with van der Waals surface area (Å²) in [4.78, 5) is 12.9. The number of nitrogens with zero attached hydrogens (tertiary/aromatic N) is 3. The van der Waals surface area contributed by atoms with Gasteiger partial charge in [0.2, 0.25) is 17.3 Å². The van der Waals surface area contributed by atoms with Crippen LogP contribution < -0.4 is 5.56 Å². The van der Waals surface area contributed by atoms with Gasteiger partial charge in [-0.1, -0.05) is 19.3 Å². The maximum atomic E-state index is 11.5. The first kappa shape index (κ1) is 15.3. The highest BCUT2D eigenvalue weighted by molar-refractivity contribution is 7.10. The molecule has 0 aliphatic heterocycles. The Bertz CT molecular complexity index is 903. The van der Waals surface area contributed by atoms with Crippen LogP contribution in [0.4, 0.5) is 0 Å².